The number of nitrogens with one attached hydrogen (secondary N) is 2. The molecule has 1 saturated carbocycles. The largest absolute Gasteiger partial charge is 0.444 e. The standard InChI is InChI=1S/C16H32N2O4/c1-8-21-12-9-11(18-14(19)22-15(3,4)5)13(12)17-10(2)16(6,7)20/h10-13,17,20H,8-9H2,1-7H3,(H,18,19). The van der Waals surface area contributed by atoms with Crippen molar-refractivity contribution in [1.82, 2.24) is 10.6 Å². The lowest BCUT2D eigenvalue weighted by molar-refractivity contribution is -0.0580. The lowest BCUT2D eigenvalue weighted by Gasteiger charge is -2.47. The number of alkyl carbamates (subject to hydrolysis) is 1. The number of aliphatic hydroxyl groups is 1. The molecule has 0 spiro atoms. The number of ether oxygens (including phenoxy) is 2. The van der Waals surface area contributed by atoms with Gasteiger partial charge in [-0.05, 0) is 54.9 Å². The Bertz CT molecular complexity index is 373. The fraction of sp³-hybridized carbons (Fsp3) is 0.938. The molecule has 0 heterocycles. The highest BCUT2D eigenvalue weighted by molar-refractivity contribution is 5.68. The summed E-state index contributed by atoms with van der Waals surface area (Å²) in [5.74, 6) is 0. The van der Waals surface area contributed by atoms with Crippen LogP contribution in [0.1, 0.15) is 54.9 Å². The third-order valence-electron chi connectivity index (χ3n) is 3.91. The van der Waals surface area contributed by atoms with Crippen LogP contribution in [-0.4, -0.2) is 53.2 Å². The monoisotopic (exact) mass is 316 g/mol. The minimum absolute atomic E-state index is 0.0334. The van der Waals surface area contributed by atoms with E-state index in [1.165, 1.54) is 0 Å². The molecule has 3 N–H and O–H groups in total. The van der Waals surface area contributed by atoms with Crippen molar-refractivity contribution in [3.05, 3.63) is 0 Å². The molecule has 6 heteroatoms. The van der Waals surface area contributed by atoms with Crippen molar-refractivity contribution in [2.75, 3.05) is 6.61 Å². The van der Waals surface area contributed by atoms with E-state index in [0.29, 0.717) is 6.61 Å². The van der Waals surface area contributed by atoms with E-state index in [0.717, 1.165) is 6.42 Å². The number of carbonyl (C=O) groups is 1. The molecule has 0 aliphatic heterocycles. The average Bonchev–Trinajstić information content (AvgIpc) is 2.30. The van der Waals surface area contributed by atoms with Crippen LogP contribution in [0.2, 0.25) is 0 Å². The van der Waals surface area contributed by atoms with Gasteiger partial charge in [-0.2, -0.15) is 0 Å². The first-order chi connectivity index (χ1) is 9.94. The third kappa shape index (κ3) is 5.74. The highest BCUT2D eigenvalue weighted by Gasteiger charge is 2.44. The van der Waals surface area contributed by atoms with Crippen LogP contribution in [0.25, 0.3) is 0 Å². The Morgan fingerprint density at radius 2 is 1.91 bits per heavy atom. The first-order valence-corrected chi connectivity index (χ1v) is 8.03. The molecule has 4 atom stereocenters. The fourth-order valence-corrected chi connectivity index (χ4v) is 2.32. The second-order valence-electron chi connectivity index (χ2n) is 7.55. The zero-order chi connectivity index (χ0) is 17.1. The van der Waals surface area contributed by atoms with Crippen molar-refractivity contribution < 1.29 is 19.4 Å². The Balaban J connectivity index is 2.61. The molecule has 4 unspecified atom stereocenters. The molecule has 0 saturated heterocycles. The van der Waals surface area contributed by atoms with Crippen LogP contribution in [0.4, 0.5) is 4.79 Å². The molecule has 1 amide bonds. The second kappa shape index (κ2) is 7.15. The first kappa shape index (κ1) is 19.2. The maximum atomic E-state index is 11.9. The summed E-state index contributed by atoms with van der Waals surface area (Å²) in [5, 5.41) is 16.3. The summed E-state index contributed by atoms with van der Waals surface area (Å²) in [4.78, 5) is 11.9. The maximum Gasteiger partial charge on any atom is 0.407 e. The average molecular weight is 316 g/mol. The Labute approximate surface area is 133 Å². The quantitative estimate of drug-likeness (QED) is 0.696. The topological polar surface area (TPSA) is 79.8 Å². The molecule has 0 aromatic rings. The number of hydrogen-bond acceptors (Lipinski definition) is 5. The van der Waals surface area contributed by atoms with Gasteiger partial charge in [-0.3, -0.25) is 0 Å². The van der Waals surface area contributed by atoms with Gasteiger partial charge in [0, 0.05) is 12.6 Å². The normalized spacial score (nSPS) is 27.0. The zero-order valence-corrected chi connectivity index (χ0v) is 14.9. The van der Waals surface area contributed by atoms with Gasteiger partial charge in [0.05, 0.1) is 23.8 Å². The van der Waals surface area contributed by atoms with Gasteiger partial charge >= 0.3 is 6.09 Å². The second-order valence-corrected chi connectivity index (χ2v) is 7.55. The lowest BCUT2D eigenvalue weighted by atomic mass is 9.81. The van der Waals surface area contributed by atoms with E-state index in [1.807, 2.05) is 34.6 Å². The Morgan fingerprint density at radius 1 is 1.32 bits per heavy atom. The van der Waals surface area contributed by atoms with Gasteiger partial charge in [0.15, 0.2) is 0 Å². The highest BCUT2D eigenvalue weighted by Crippen LogP contribution is 2.26. The summed E-state index contributed by atoms with van der Waals surface area (Å²) in [6.45, 7) is 13.5. The number of amides is 1. The van der Waals surface area contributed by atoms with E-state index in [-0.39, 0.29) is 24.2 Å². The van der Waals surface area contributed by atoms with Crippen LogP contribution in [0, 0.1) is 0 Å². The lowest BCUT2D eigenvalue weighted by Crippen LogP contribution is -2.69. The van der Waals surface area contributed by atoms with E-state index < -0.39 is 17.3 Å². The molecule has 22 heavy (non-hydrogen) atoms. The molecule has 1 aliphatic rings. The van der Waals surface area contributed by atoms with Gasteiger partial charge in [0.25, 0.3) is 0 Å². The molecule has 130 valence electrons. The summed E-state index contributed by atoms with van der Waals surface area (Å²) in [6, 6.07) is -0.214. The maximum absolute atomic E-state index is 11.9. The minimum atomic E-state index is -0.844. The van der Waals surface area contributed by atoms with Gasteiger partial charge < -0.3 is 25.2 Å². The molecule has 0 radical (unpaired) electrons. The van der Waals surface area contributed by atoms with Gasteiger partial charge in [0.2, 0.25) is 0 Å². The SMILES string of the molecule is CCOC1CC(NC(=O)OC(C)(C)C)C1NC(C)C(C)(C)O. The number of hydrogen-bond donors (Lipinski definition) is 3. The van der Waals surface area contributed by atoms with Gasteiger partial charge in [-0.1, -0.05) is 0 Å². The van der Waals surface area contributed by atoms with Crippen LogP contribution < -0.4 is 10.6 Å². The molecule has 1 rings (SSSR count). The smallest absolute Gasteiger partial charge is 0.407 e. The van der Waals surface area contributed by atoms with E-state index in [9.17, 15) is 9.90 Å². The van der Waals surface area contributed by atoms with E-state index in [4.69, 9.17) is 9.47 Å². The Hall–Kier alpha value is -0.850. The summed E-state index contributed by atoms with van der Waals surface area (Å²) < 4.78 is 11.0. The number of rotatable bonds is 6. The summed E-state index contributed by atoms with van der Waals surface area (Å²) in [7, 11) is 0. The Kier molecular flexibility index (Phi) is 6.24. The summed E-state index contributed by atoms with van der Waals surface area (Å²) in [5.41, 5.74) is -1.36. The van der Waals surface area contributed by atoms with Crippen molar-refractivity contribution in [3.8, 4) is 0 Å². The number of carbonyl (C=O) groups excluding carboxylic acids is 1. The molecule has 0 aromatic carbocycles. The van der Waals surface area contributed by atoms with Crippen LogP contribution in [-0.2, 0) is 9.47 Å². The van der Waals surface area contributed by atoms with Gasteiger partial charge in [0.1, 0.15) is 5.60 Å². The zero-order valence-electron chi connectivity index (χ0n) is 14.9. The van der Waals surface area contributed by atoms with Crippen LogP contribution >= 0.6 is 0 Å². The Morgan fingerprint density at radius 3 is 2.36 bits per heavy atom. The van der Waals surface area contributed by atoms with Gasteiger partial charge in [-0.25, -0.2) is 4.79 Å². The third-order valence-corrected chi connectivity index (χ3v) is 3.91. The highest BCUT2D eigenvalue weighted by atomic mass is 16.6. The molecule has 0 bridgehead atoms. The van der Waals surface area contributed by atoms with E-state index >= 15 is 0 Å². The van der Waals surface area contributed by atoms with Crippen LogP contribution in [0.3, 0.4) is 0 Å². The molecular formula is C16H32N2O4. The summed E-state index contributed by atoms with van der Waals surface area (Å²) >= 11 is 0. The van der Waals surface area contributed by atoms with Crippen LogP contribution in [0.15, 0.2) is 0 Å². The van der Waals surface area contributed by atoms with Crippen molar-refractivity contribution in [1.29, 1.82) is 0 Å². The van der Waals surface area contributed by atoms with E-state index in [1.54, 1.807) is 13.8 Å². The van der Waals surface area contributed by atoms with E-state index in [2.05, 4.69) is 10.6 Å². The predicted octanol–water partition coefficient (Wildman–Crippen LogP) is 1.81. The first-order valence-electron chi connectivity index (χ1n) is 8.03. The predicted molar refractivity (Wildman–Crippen MR) is 85.9 cm³/mol. The van der Waals surface area contributed by atoms with Crippen LogP contribution in [0.5, 0.6) is 0 Å². The fourth-order valence-electron chi connectivity index (χ4n) is 2.32. The molecule has 6 nitrogen and oxygen atoms in total. The van der Waals surface area contributed by atoms with Crippen molar-refractivity contribution >= 4 is 6.09 Å². The molecule has 1 fully saturated rings. The van der Waals surface area contributed by atoms with Crippen molar-refractivity contribution in [2.24, 2.45) is 0 Å². The van der Waals surface area contributed by atoms with Crippen molar-refractivity contribution in [2.45, 2.75) is 90.3 Å². The van der Waals surface area contributed by atoms with Crippen molar-refractivity contribution in [3.63, 3.8) is 0 Å². The minimum Gasteiger partial charge on any atom is -0.444 e. The molecule has 0 aromatic heterocycles. The molecule has 1 aliphatic carbocycles. The molecular weight excluding hydrogens is 284 g/mol. The summed E-state index contributed by atoms with van der Waals surface area (Å²) in [6.07, 6.45) is 0.355. The van der Waals surface area contributed by atoms with Gasteiger partial charge in [-0.15, -0.1) is 0 Å².